The average molecular weight is 440 g/mol. The highest BCUT2D eigenvalue weighted by molar-refractivity contribution is 9.10. The van der Waals surface area contributed by atoms with Crippen LogP contribution in [0.4, 0.5) is 14.5 Å². The third kappa shape index (κ3) is 3.15. The summed E-state index contributed by atoms with van der Waals surface area (Å²) in [4.78, 5) is 5.02. The maximum atomic E-state index is 14.7. The molecule has 0 aliphatic rings. The highest BCUT2D eigenvalue weighted by Gasteiger charge is 2.43. The molecule has 0 aliphatic heterocycles. The molecule has 128 valence electrons. The van der Waals surface area contributed by atoms with Crippen molar-refractivity contribution in [2.24, 2.45) is 5.73 Å². The molecule has 3 N–H and O–H groups in total. The largest absolute Gasteiger partial charge is 0.449 e. The van der Waals surface area contributed by atoms with E-state index < -0.39 is 24.6 Å². The van der Waals surface area contributed by atoms with Gasteiger partial charge in [-0.1, -0.05) is 17.7 Å². The summed E-state index contributed by atoms with van der Waals surface area (Å²) in [5.74, 6) is -4.86. The van der Waals surface area contributed by atoms with Crippen molar-refractivity contribution in [3.8, 4) is 0 Å². The molecule has 3 aromatic heterocycles. The molecule has 3 heterocycles. The Kier molecular flexibility index (Phi) is 3.84. The van der Waals surface area contributed by atoms with Crippen LogP contribution in [0.15, 0.2) is 32.5 Å². The Morgan fingerprint density at radius 1 is 1.62 bits per heavy atom. The SMILES string of the molecule is [2H]C([2H])([2H])[C@H](N)C(F)(F)c1oc2c(NCc3cccs3)cc(Cl)nc2c1Br. The van der Waals surface area contributed by atoms with Gasteiger partial charge < -0.3 is 15.5 Å². The van der Waals surface area contributed by atoms with Gasteiger partial charge in [0.15, 0.2) is 11.3 Å². The van der Waals surface area contributed by atoms with E-state index in [4.69, 9.17) is 25.9 Å². The van der Waals surface area contributed by atoms with Crippen molar-refractivity contribution < 1.29 is 17.3 Å². The van der Waals surface area contributed by atoms with Gasteiger partial charge in [-0.25, -0.2) is 4.98 Å². The van der Waals surface area contributed by atoms with Gasteiger partial charge in [-0.15, -0.1) is 11.3 Å². The summed E-state index contributed by atoms with van der Waals surface area (Å²) in [6.45, 7) is -2.65. The number of aromatic nitrogens is 1. The molecule has 24 heavy (non-hydrogen) atoms. The van der Waals surface area contributed by atoms with Gasteiger partial charge >= 0.3 is 5.92 Å². The number of thiophene rings is 1. The zero-order chi connectivity index (χ0) is 20.0. The first-order chi connectivity index (χ1) is 12.5. The number of nitrogens with two attached hydrogens (primary N) is 1. The first kappa shape index (κ1) is 14.0. The quantitative estimate of drug-likeness (QED) is 0.526. The third-order valence-corrected chi connectivity index (χ3v) is 5.09. The molecular weight excluding hydrogens is 424 g/mol. The lowest BCUT2D eigenvalue weighted by molar-refractivity contribution is -0.0451. The van der Waals surface area contributed by atoms with E-state index in [1.807, 2.05) is 17.5 Å². The van der Waals surface area contributed by atoms with Crippen LogP contribution in [-0.4, -0.2) is 11.0 Å². The molecule has 0 aromatic carbocycles. The lowest BCUT2D eigenvalue weighted by atomic mass is 10.1. The minimum atomic E-state index is -3.96. The van der Waals surface area contributed by atoms with Gasteiger partial charge in [0, 0.05) is 21.6 Å². The maximum Gasteiger partial charge on any atom is 0.320 e. The number of anilines is 1. The highest BCUT2D eigenvalue weighted by Crippen LogP contribution is 2.43. The summed E-state index contributed by atoms with van der Waals surface area (Å²) in [6, 6.07) is 2.79. The van der Waals surface area contributed by atoms with E-state index in [0.29, 0.717) is 12.2 Å². The van der Waals surface area contributed by atoms with E-state index in [1.165, 1.54) is 17.4 Å². The van der Waals surface area contributed by atoms with Crippen LogP contribution < -0.4 is 11.1 Å². The van der Waals surface area contributed by atoms with Crippen LogP contribution in [0.2, 0.25) is 5.15 Å². The number of fused-ring (bicyclic) bond motifs is 1. The third-order valence-electron chi connectivity index (χ3n) is 3.28. The van der Waals surface area contributed by atoms with Crippen molar-refractivity contribution in [2.75, 3.05) is 5.32 Å². The molecule has 9 heteroatoms. The van der Waals surface area contributed by atoms with Gasteiger partial charge in [0.1, 0.15) is 10.7 Å². The second-order valence-corrected chi connectivity index (χ2v) is 7.16. The van der Waals surface area contributed by atoms with Crippen molar-refractivity contribution in [1.82, 2.24) is 4.98 Å². The van der Waals surface area contributed by atoms with E-state index in [2.05, 4.69) is 26.2 Å². The molecule has 4 nitrogen and oxygen atoms in total. The number of furan rings is 1. The number of hydrogen-bond donors (Lipinski definition) is 2. The molecular formula is C15H13BrClF2N3OS. The summed E-state index contributed by atoms with van der Waals surface area (Å²) < 4.78 is 56.1. The van der Waals surface area contributed by atoms with E-state index in [0.717, 1.165) is 4.88 Å². The van der Waals surface area contributed by atoms with E-state index >= 15 is 0 Å². The highest BCUT2D eigenvalue weighted by atomic mass is 79.9. The first-order valence-electron chi connectivity index (χ1n) is 8.20. The smallest absolute Gasteiger partial charge is 0.320 e. The van der Waals surface area contributed by atoms with Crippen LogP contribution in [0.1, 0.15) is 21.6 Å². The van der Waals surface area contributed by atoms with Crippen molar-refractivity contribution in [1.29, 1.82) is 0 Å². The predicted octanol–water partition coefficient (Wildman–Crippen LogP) is 5.36. The molecule has 0 saturated heterocycles. The predicted molar refractivity (Wildman–Crippen MR) is 95.9 cm³/mol. The van der Waals surface area contributed by atoms with Gasteiger partial charge in [0.2, 0.25) is 0 Å². The van der Waals surface area contributed by atoms with Crippen molar-refractivity contribution in [3.63, 3.8) is 0 Å². The number of rotatable bonds is 5. The van der Waals surface area contributed by atoms with Crippen LogP contribution in [0, 0.1) is 0 Å². The molecule has 0 bridgehead atoms. The monoisotopic (exact) mass is 438 g/mol. The lowest BCUT2D eigenvalue weighted by Gasteiger charge is -2.17. The van der Waals surface area contributed by atoms with Crippen LogP contribution in [0.3, 0.4) is 0 Å². The average Bonchev–Trinajstić information content (AvgIpc) is 3.20. The molecule has 0 spiro atoms. The number of pyridine rings is 1. The summed E-state index contributed by atoms with van der Waals surface area (Å²) >= 11 is 10.5. The van der Waals surface area contributed by atoms with Crippen LogP contribution in [-0.2, 0) is 12.5 Å². The number of nitrogens with zero attached hydrogens (tertiary/aromatic N) is 1. The molecule has 0 radical (unpaired) electrons. The molecule has 0 unspecified atom stereocenters. The molecule has 0 amide bonds. The summed E-state index contributed by atoms with van der Waals surface area (Å²) in [7, 11) is 0. The zero-order valence-electron chi connectivity index (χ0n) is 14.9. The second-order valence-electron chi connectivity index (χ2n) is 4.95. The first-order valence-corrected chi connectivity index (χ1v) is 8.75. The number of halogens is 4. The summed E-state index contributed by atoms with van der Waals surface area (Å²) in [5, 5.41) is 5.04. The Morgan fingerprint density at radius 2 is 2.42 bits per heavy atom. The Balaban J connectivity index is 2.06. The van der Waals surface area contributed by atoms with Crippen molar-refractivity contribution in [3.05, 3.63) is 43.8 Å². The van der Waals surface area contributed by atoms with Gasteiger partial charge in [0.25, 0.3) is 0 Å². The lowest BCUT2D eigenvalue weighted by Crippen LogP contribution is -2.35. The van der Waals surface area contributed by atoms with E-state index in [9.17, 15) is 8.78 Å². The molecule has 0 fully saturated rings. The Hall–Kier alpha value is -1.22. The van der Waals surface area contributed by atoms with Gasteiger partial charge in [-0.05, 0) is 34.2 Å². The fourth-order valence-electron chi connectivity index (χ4n) is 2.09. The summed E-state index contributed by atoms with van der Waals surface area (Å²) in [5.41, 5.74) is 5.71. The Labute approximate surface area is 158 Å². The Bertz CT molecular complexity index is 966. The topological polar surface area (TPSA) is 64.1 Å². The minimum absolute atomic E-state index is 0.0234. The molecule has 0 saturated carbocycles. The van der Waals surface area contributed by atoms with Crippen LogP contribution >= 0.6 is 38.9 Å². The molecule has 3 aromatic rings. The minimum Gasteiger partial charge on any atom is -0.449 e. The van der Waals surface area contributed by atoms with Crippen LogP contribution in [0.5, 0.6) is 0 Å². The number of nitrogens with one attached hydrogen (secondary N) is 1. The molecule has 1 atom stereocenters. The molecule has 0 aliphatic carbocycles. The van der Waals surface area contributed by atoms with E-state index in [-0.39, 0.29) is 20.7 Å². The van der Waals surface area contributed by atoms with Gasteiger partial charge in [-0.3, -0.25) is 0 Å². The zero-order valence-corrected chi connectivity index (χ0v) is 15.1. The van der Waals surface area contributed by atoms with Crippen LogP contribution in [0.25, 0.3) is 11.1 Å². The Morgan fingerprint density at radius 3 is 3.08 bits per heavy atom. The standard InChI is InChI=1S/C15H13BrClF2N3OS/c1-7(20)15(18,19)14-11(16)12-13(23-14)9(5-10(17)22-12)21-6-8-3-2-4-24-8/h2-5,7H,6,20H2,1H3,(H,21,22)/t7-/m0/s1/i1D3. The fourth-order valence-corrected chi connectivity index (χ4v) is 3.54. The van der Waals surface area contributed by atoms with Gasteiger partial charge in [-0.2, -0.15) is 8.78 Å². The fraction of sp³-hybridized carbons (Fsp3) is 0.267. The van der Waals surface area contributed by atoms with Crippen molar-refractivity contribution in [2.45, 2.75) is 25.4 Å². The number of alkyl halides is 2. The van der Waals surface area contributed by atoms with E-state index in [1.54, 1.807) is 0 Å². The molecule has 3 rings (SSSR count). The normalized spacial score (nSPS) is 15.8. The van der Waals surface area contributed by atoms with Gasteiger partial charge in [0.05, 0.1) is 16.2 Å². The van der Waals surface area contributed by atoms with Crippen molar-refractivity contribution >= 4 is 55.7 Å². The maximum absolute atomic E-state index is 14.7. The second kappa shape index (κ2) is 6.59. The number of hydrogen-bond acceptors (Lipinski definition) is 5. The summed E-state index contributed by atoms with van der Waals surface area (Å²) in [6.07, 6.45) is 0.